The molecular formula is C23H23N5O2S. The predicted molar refractivity (Wildman–Crippen MR) is 122 cm³/mol. The molecule has 2 aromatic carbocycles. The van der Waals surface area contributed by atoms with Gasteiger partial charge in [-0.2, -0.15) is 0 Å². The largest absolute Gasteiger partial charge is 0.487 e. The number of fused-ring (bicyclic) bond motifs is 1. The van der Waals surface area contributed by atoms with Crippen LogP contribution in [-0.2, 0) is 6.61 Å². The highest BCUT2D eigenvalue weighted by atomic mass is 32.1. The summed E-state index contributed by atoms with van der Waals surface area (Å²) < 4.78 is 5.74. The third kappa shape index (κ3) is 4.39. The number of anilines is 1. The Morgan fingerprint density at radius 2 is 1.94 bits per heavy atom. The standard InChI is InChI=1S/C23H23N5O2S/c29-22(17-6-8-19(9-7-17)30-14-18-15-31-16-24-18)27-10-3-11-28(13-12-27)23-25-20-4-1-2-5-21(20)26-23/h1-2,4-9,15-16H,3,10-14H2,(H,25,26). The molecule has 0 saturated carbocycles. The molecule has 5 rings (SSSR count). The zero-order valence-electron chi connectivity index (χ0n) is 17.0. The lowest BCUT2D eigenvalue weighted by atomic mass is 10.2. The van der Waals surface area contributed by atoms with Crippen molar-refractivity contribution >= 4 is 34.2 Å². The van der Waals surface area contributed by atoms with Crippen LogP contribution in [0, 0.1) is 0 Å². The summed E-state index contributed by atoms with van der Waals surface area (Å²) in [5.41, 5.74) is 5.37. The Morgan fingerprint density at radius 1 is 1.06 bits per heavy atom. The Morgan fingerprint density at radius 3 is 2.74 bits per heavy atom. The monoisotopic (exact) mass is 433 g/mol. The van der Waals surface area contributed by atoms with E-state index in [9.17, 15) is 4.79 Å². The summed E-state index contributed by atoms with van der Waals surface area (Å²) in [7, 11) is 0. The lowest BCUT2D eigenvalue weighted by Crippen LogP contribution is -2.35. The third-order valence-electron chi connectivity index (χ3n) is 5.43. The van der Waals surface area contributed by atoms with Crippen LogP contribution in [0.3, 0.4) is 0 Å². The molecule has 1 N–H and O–H groups in total. The molecule has 31 heavy (non-hydrogen) atoms. The van der Waals surface area contributed by atoms with Gasteiger partial charge >= 0.3 is 0 Å². The molecule has 0 aliphatic carbocycles. The van der Waals surface area contributed by atoms with E-state index >= 15 is 0 Å². The number of carbonyl (C=O) groups excluding carboxylic acids is 1. The van der Waals surface area contributed by atoms with Crippen LogP contribution >= 0.6 is 11.3 Å². The van der Waals surface area contributed by atoms with Crippen LogP contribution < -0.4 is 9.64 Å². The summed E-state index contributed by atoms with van der Waals surface area (Å²) in [4.78, 5) is 29.5. The molecule has 1 aliphatic rings. The Labute approximate surface area is 184 Å². The Hall–Kier alpha value is -3.39. The minimum Gasteiger partial charge on any atom is -0.487 e. The molecule has 0 spiro atoms. The lowest BCUT2D eigenvalue weighted by Gasteiger charge is -2.22. The number of benzene rings is 2. The maximum atomic E-state index is 13.0. The normalized spacial score (nSPS) is 14.6. The van der Waals surface area contributed by atoms with Crippen molar-refractivity contribution in [2.45, 2.75) is 13.0 Å². The van der Waals surface area contributed by atoms with Crippen LogP contribution in [0.4, 0.5) is 5.95 Å². The van der Waals surface area contributed by atoms with E-state index < -0.39 is 0 Å². The highest BCUT2D eigenvalue weighted by Crippen LogP contribution is 2.20. The SMILES string of the molecule is O=C(c1ccc(OCc2cscn2)cc1)N1CCCN(c2nc3ccccc3[nH]2)CC1. The first-order chi connectivity index (χ1) is 15.3. The number of amides is 1. The van der Waals surface area contributed by atoms with Gasteiger partial charge in [0.2, 0.25) is 5.95 Å². The molecule has 4 aromatic rings. The van der Waals surface area contributed by atoms with Crippen LogP contribution in [0.1, 0.15) is 22.5 Å². The molecule has 1 aliphatic heterocycles. The van der Waals surface area contributed by atoms with Gasteiger partial charge in [0.15, 0.2) is 0 Å². The van der Waals surface area contributed by atoms with E-state index in [1.165, 1.54) is 0 Å². The van der Waals surface area contributed by atoms with E-state index in [0.29, 0.717) is 18.7 Å². The Kier molecular flexibility index (Phi) is 5.54. The number of H-pyrrole nitrogens is 1. The average molecular weight is 434 g/mol. The van der Waals surface area contributed by atoms with Gasteiger partial charge in [0, 0.05) is 37.1 Å². The van der Waals surface area contributed by atoms with Crippen LogP contribution in [0.5, 0.6) is 5.75 Å². The molecule has 0 atom stereocenters. The number of hydrogen-bond donors (Lipinski definition) is 1. The van der Waals surface area contributed by atoms with Crippen molar-refractivity contribution in [3.05, 3.63) is 70.7 Å². The number of nitrogens with zero attached hydrogens (tertiary/aromatic N) is 4. The molecule has 3 heterocycles. The molecule has 158 valence electrons. The van der Waals surface area contributed by atoms with Crippen LogP contribution in [0.15, 0.2) is 59.4 Å². The van der Waals surface area contributed by atoms with Crippen molar-refractivity contribution < 1.29 is 9.53 Å². The fourth-order valence-corrected chi connectivity index (χ4v) is 4.31. The van der Waals surface area contributed by atoms with E-state index in [-0.39, 0.29) is 5.91 Å². The Balaban J connectivity index is 1.20. The van der Waals surface area contributed by atoms with Crippen LogP contribution in [0.25, 0.3) is 11.0 Å². The van der Waals surface area contributed by atoms with E-state index in [4.69, 9.17) is 9.72 Å². The molecule has 1 saturated heterocycles. The fourth-order valence-electron chi connectivity index (χ4n) is 3.76. The predicted octanol–water partition coefficient (Wildman–Crippen LogP) is 3.95. The molecular weight excluding hydrogens is 410 g/mol. The summed E-state index contributed by atoms with van der Waals surface area (Å²) in [5.74, 6) is 1.66. The van der Waals surface area contributed by atoms with Gasteiger partial charge in [-0.05, 0) is 42.8 Å². The van der Waals surface area contributed by atoms with Gasteiger partial charge in [-0.1, -0.05) is 12.1 Å². The summed E-state index contributed by atoms with van der Waals surface area (Å²) in [6.45, 7) is 3.45. The molecule has 0 radical (unpaired) electrons. The van der Waals surface area contributed by atoms with E-state index in [1.807, 2.05) is 58.8 Å². The Bertz CT molecular complexity index is 1120. The highest BCUT2D eigenvalue weighted by molar-refractivity contribution is 7.07. The number of para-hydroxylation sites is 2. The van der Waals surface area contributed by atoms with Gasteiger partial charge in [-0.15, -0.1) is 11.3 Å². The molecule has 0 bridgehead atoms. The fraction of sp³-hybridized carbons (Fsp3) is 0.261. The number of rotatable bonds is 5. The minimum atomic E-state index is 0.0532. The number of imidazole rings is 1. The quantitative estimate of drug-likeness (QED) is 0.516. The first kappa shape index (κ1) is 19.6. The van der Waals surface area contributed by atoms with Crippen molar-refractivity contribution in [1.29, 1.82) is 0 Å². The number of nitrogens with one attached hydrogen (secondary N) is 1. The summed E-state index contributed by atoms with van der Waals surface area (Å²) in [6, 6.07) is 15.4. The first-order valence-corrected chi connectivity index (χ1v) is 11.3. The topological polar surface area (TPSA) is 74.3 Å². The van der Waals surface area contributed by atoms with Crippen LogP contribution in [0.2, 0.25) is 0 Å². The van der Waals surface area contributed by atoms with Crippen molar-refractivity contribution in [2.75, 3.05) is 31.1 Å². The van der Waals surface area contributed by atoms with Gasteiger partial charge in [0.1, 0.15) is 12.4 Å². The summed E-state index contributed by atoms with van der Waals surface area (Å²) in [6.07, 6.45) is 0.900. The minimum absolute atomic E-state index is 0.0532. The van der Waals surface area contributed by atoms with Crippen molar-refractivity contribution in [2.24, 2.45) is 0 Å². The van der Waals surface area contributed by atoms with E-state index in [1.54, 1.807) is 16.8 Å². The number of carbonyl (C=O) groups is 1. The second-order valence-electron chi connectivity index (χ2n) is 7.50. The van der Waals surface area contributed by atoms with Gasteiger partial charge in [-0.3, -0.25) is 4.79 Å². The molecule has 2 aromatic heterocycles. The number of aromatic amines is 1. The summed E-state index contributed by atoms with van der Waals surface area (Å²) in [5, 5.41) is 1.96. The smallest absolute Gasteiger partial charge is 0.253 e. The maximum absolute atomic E-state index is 13.0. The number of thiazole rings is 1. The molecule has 1 fully saturated rings. The van der Waals surface area contributed by atoms with E-state index in [2.05, 4.69) is 14.9 Å². The second kappa shape index (κ2) is 8.77. The number of hydrogen-bond acceptors (Lipinski definition) is 6. The maximum Gasteiger partial charge on any atom is 0.253 e. The van der Waals surface area contributed by atoms with Gasteiger partial charge < -0.3 is 19.5 Å². The summed E-state index contributed by atoms with van der Waals surface area (Å²) >= 11 is 1.55. The average Bonchev–Trinajstić information content (AvgIpc) is 3.42. The zero-order valence-corrected chi connectivity index (χ0v) is 17.8. The van der Waals surface area contributed by atoms with Crippen molar-refractivity contribution in [3.8, 4) is 5.75 Å². The van der Waals surface area contributed by atoms with Crippen molar-refractivity contribution in [3.63, 3.8) is 0 Å². The van der Waals surface area contributed by atoms with E-state index in [0.717, 1.165) is 54.5 Å². The first-order valence-electron chi connectivity index (χ1n) is 10.4. The third-order valence-corrected chi connectivity index (χ3v) is 6.07. The molecule has 0 unspecified atom stereocenters. The zero-order chi connectivity index (χ0) is 21.0. The second-order valence-corrected chi connectivity index (χ2v) is 8.22. The van der Waals surface area contributed by atoms with Crippen LogP contribution in [-0.4, -0.2) is 51.9 Å². The number of aromatic nitrogens is 3. The van der Waals surface area contributed by atoms with Gasteiger partial charge in [-0.25, -0.2) is 9.97 Å². The molecule has 7 nitrogen and oxygen atoms in total. The highest BCUT2D eigenvalue weighted by Gasteiger charge is 2.22. The van der Waals surface area contributed by atoms with Crippen molar-refractivity contribution in [1.82, 2.24) is 19.9 Å². The molecule has 8 heteroatoms. The lowest BCUT2D eigenvalue weighted by molar-refractivity contribution is 0.0767. The van der Waals surface area contributed by atoms with Gasteiger partial charge in [0.05, 0.1) is 22.2 Å². The molecule has 1 amide bonds. The number of ether oxygens (including phenoxy) is 1. The van der Waals surface area contributed by atoms with Gasteiger partial charge in [0.25, 0.3) is 5.91 Å².